The zero-order chi connectivity index (χ0) is 13.7. The first-order valence-corrected chi connectivity index (χ1v) is 6.81. The van der Waals surface area contributed by atoms with E-state index in [1.165, 1.54) is 0 Å². The molecule has 0 aromatic rings. The number of carbonyl (C=O) groups excluding carboxylic acids is 2. The average Bonchev–Trinajstić information content (AvgIpc) is 2.27. The van der Waals surface area contributed by atoms with Crippen LogP contribution in [0.25, 0.3) is 0 Å². The van der Waals surface area contributed by atoms with Crippen LogP contribution in [0.4, 0.5) is 0 Å². The SMILES string of the molecule is CCN(CC)C(=O)C(C)NC(=O)C(C)C1CNC1. The van der Waals surface area contributed by atoms with E-state index < -0.39 is 6.04 Å². The summed E-state index contributed by atoms with van der Waals surface area (Å²) in [6.45, 7) is 10.7. The standard InChI is InChI=1S/C13H25N3O2/c1-5-16(6-2)13(18)10(4)15-12(17)9(3)11-7-14-8-11/h9-11,14H,5-8H2,1-4H3,(H,15,17). The van der Waals surface area contributed by atoms with E-state index in [0.29, 0.717) is 19.0 Å². The van der Waals surface area contributed by atoms with Gasteiger partial charge in [0, 0.05) is 19.0 Å². The van der Waals surface area contributed by atoms with Gasteiger partial charge in [-0.25, -0.2) is 0 Å². The van der Waals surface area contributed by atoms with Gasteiger partial charge in [0.15, 0.2) is 0 Å². The summed E-state index contributed by atoms with van der Waals surface area (Å²) >= 11 is 0. The molecule has 2 atom stereocenters. The molecular weight excluding hydrogens is 230 g/mol. The van der Waals surface area contributed by atoms with Crippen LogP contribution in [0.2, 0.25) is 0 Å². The quantitative estimate of drug-likeness (QED) is 0.713. The van der Waals surface area contributed by atoms with Crippen molar-refractivity contribution in [3.05, 3.63) is 0 Å². The predicted octanol–water partition coefficient (Wildman–Crippen LogP) is 0.215. The number of hydrogen-bond acceptors (Lipinski definition) is 3. The van der Waals surface area contributed by atoms with Gasteiger partial charge < -0.3 is 15.5 Å². The molecule has 104 valence electrons. The smallest absolute Gasteiger partial charge is 0.244 e. The summed E-state index contributed by atoms with van der Waals surface area (Å²) in [5, 5.41) is 5.97. The molecule has 2 unspecified atom stereocenters. The number of carbonyl (C=O) groups is 2. The molecule has 1 saturated heterocycles. The predicted molar refractivity (Wildman–Crippen MR) is 71.1 cm³/mol. The van der Waals surface area contributed by atoms with Crippen LogP contribution in [0, 0.1) is 11.8 Å². The van der Waals surface area contributed by atoms with Gasteiger partial charge in [0.25, 0.3) is 0 Å². The van der Waals surface area contributed by atoms with E-state index in [2.05, 4.69) is 10.6 Å². The van der Waals surface area contributed by atoms with Gasteiger partial charge >= 0.3 is 0 Å². The maximum absolute atomic E-state index is 12.0. The molecule has 5 nitrogen and oxygen atoms in total. The zero-order valence-corrected chi connectivity index (χ0v) is 11.8. The van der Waals surface area contributed by atoms with E-state index in [1.54, 1.807) is 11.8 Å². The molecule has 1 fully saturated rings. The third-order valence-electron chi connectivity index (χ3n) is 3.74. The molecule has 2 N–H and O–H groups in total. The number of rotatable bonds is 6. The van der Waals surface area contributed by atoms with Crippen LogP contribution >= 0.6 is 0 Å². The Morgan fingerprint density at radius 3 is 2.22 bits per heavy atom. The van der Waals surface area contributed by atoms with Crippen LogP contribution in [0.5, 0.6) is 0 Å². The van der Waals surface area contributed by atoms with E-state index >= 15 is 0 Å². The van der Waals surface area contributed by atoms with E-state index in [4.69, 9.17) is 0 Å². The molecule has 1 rings (SSSR count). The molecule has 0 aromatic carbocycles. The van der Waals surface area contributed by atoms with E-state index in [0.717, 1.165) is 13.1 Å². The van der Waals surface area contributed by atoms with Gasteiger partial charge in [0.1, 0.15) is 6.04 Å². The molecular formula is C13H25N3O2. The van der Waals surface area contributed by atoms with Crippen LogP contribution in [0.15, 0.2) is 0 Å². The monoisotopic (exact) mass is 255 g/mol. The lowest BCUT2D eigenvalue weighted by Gasteiger charge is -2.32. The van der Waals surface area contributed by atoms with Gasteiger partial charge in [0.05, 0.1) is 0 Å². The molecule has 1 heterocycles. The Morgan fingerprint density at radius 1 is 1.28 bits per heavy atom. The lowest BCUT2D eigenvalue weighted by molar-refractivity contribution is -0.137. The minimum absolute atomic E-state index is 0.00714. The Kier molecular flexibility index (Phi) is 5.59. The minimum atomic E-state index is -0.437. The molecule has 1 aliphatic rings. The van der Waals surface area contributed by atoms with Crippen LogP contribution in [-0.4, -0.2) is 48.9 Å². The normalized spacial score (nSPS) is 18.7. The highest BCUT2D eigenvalue weighted by atomic mass is 16.2. The van der Waals surface area contributed by atoms with Gasteiger partial charge in [-0.3, -0.25) is 9.59 Å². The zero-order valence-electron chi connectivity index (χ0n) is 11.8. The van der Waals surface area contributed by atoms with Gasteiger partial charge in [-0.2, -0.15) is 0 Å². The van der Waals surface area contributed by atoms with Gasteiger partial charge in [0.2, 0.25) is 11.8 Å². The number of amides is 2. The van der Waals surface area contributed by atoms with Crippen molar-refractivity contribution in [2.75, 3.05) is 26.2 Å². The van der Waals surface area contributed by atoms with Gasteiger partial charge in [-0.15, -0.1) is 0 Å². The van der Waals surface area contributed by atoms with Crippen molar-refractivity contribution in [2.45, 2.75) is 33.7 Å². The Morgan fingerprint density at radius 2 is 1.83 bits per heavy atom. The van der Waals surface area contributed by atoms with Crippen LogP contribution in [0.1, 0.15) is 27.7 Å². The highest BCUT2D eigenvalue weighted by molar-refractivity contribution is 5.88. The third-order valence-corrected chi connectivity index (χ3v) is 3.74. The van der Waals surface area contributed by atoms with Crippen molar-refractivity contribution < 1.29 is 9.59 Å². The number of hydrogen-bond donors (Lipinski definition) is 2. The maximum atomic E-state index is 12.0. The molecule has 0 aliphatic carbocycles. The average molecular weight is 255 g/mol. The molecule has 0 aromatic heterocycles. The maximum Gasteiger partial charge on any atom is 0.244 e. The summed E-state index contributed by atoms with van der Waals surface area (Å²) in [6, 6.07) is -0.437. The fourth-order valence-electron chi connectivity index (χ4n) is 2.09. The highest BCUT2D eigenvalue weighted by Crippen LogP contribution is 2.16. The van der Waals surface area contributed by atoms with E-state index in [-0.39, 0.29) is 17.7 Å². The van der Waals surface area contributed by atoms with Gasteiger partial charge in [-0.05, 0) is 39.8 Å². The fourth-order valence-corrected chi connectivity index (χ4v) is 2.09. The van der Waals surface area contributed by atoms with Crippen molar-refractivity contribution in [3.63, 3.8) is 0 Å². The van der Waals surface area contributed by atoms with Crippen molar-refractivity contribution in [1.29, 1.82) is 0 Å². The van der Waals surface area contributed by atoms with Crippen LogP contribution < -0.4 is 10.6 Å². The van der Waals surface area contributed by atoms with Gasteiger partial charge in [-0.1, -0.05) is 6.92 Å². The first-order chi connectivity index (χ1) is 8.51. The molecule has 5 heteroatoms. The van der Waals surface area contributed by atoms with Crippen molar-refractivity contribution >= 4 is 11.8 Å². The Bertz CT molecular complexity index is 299. The lowest BCUT2D eigenvalue weighted by atomic mass is 9.88. The third kappa shape index (κ3) is 3.45. The summed E-state index contributed by atoms with van der Waals surface area (Å²) < 4.78 is 0. The first-order valence-electron chi connectivity index (χ1n) is 6.81. The summed E-state index contributed by atoms with van der Waals surface area (Å²) in [4.78, 5) is 25.7. The van der Waals surface area contributed by atoms with E-state index in [9.17, 15) is 9.59 Å². The summed E-state index contributed by atoms with van der Waals surface area (Å²) in [5.74, 6) is 0.348. The number of likely N-dealkylation sites (N-methyl/N-ethyl adjacent to an activating group) is 1. The number of nitrogens with zero attached hydrogens (tertiary/aromatic N) is 1. The topological polar surface area (TPSA) is 61.4 Å². The first kappa shape index (κ1) is 15.0. The largest absolute Gasteiger partial charge is 0.344 e. The second-order valence-electron chi connectivity index (χ2n) is 4.95. The summed E-state index contributed by atoms with van der Waals surface area (Å²) in [7, 11) is 0. The Hall–Kier alpha value is -1.10. The van der Waals surface area contributed by atoms with Crippen LogP contribution in [0.3, 0.4) is 0 Å². The second kappa shape index (κ2) is 6.73. The fraction of sp³-hybridized carbons (Fsp3) is 0.846. The minimum Gasteiger partial charge on any atom is -0.344 e. The number of nitrogens with one attached hydrogen (secondary N) is 2. The second-order valence-corrected chi connectivity index (χ2v) is 4.95. The van der Waals surface area contributed by atoms with Crippen molar-refractivity contribution in [2.24, 2.45) is 11.8 Å². The molecule has 1 aliphatic heterocycles. The molecule has 18 heavy (non-hydrogen) atoms. The van der Waals surface area contributed by atoms with Crippen molar-refractivity contribution in [3.8, 4) is 0 Å². The molecule has 2 amide bonds. The van der Waals surface area contributed by atoms with Crippen LogP contribution in [-0.2, 0) is 9.59 Å². The van der Waals surface area contributed by atoms with E-state index in [1.807, 2.05) is 20.8 Å². The summed E-state index contributed by atoms with van der Waals surface area (Å²) in [5.41, 5.74) is 0. The lowest BCUT2D eigenvalue weighted by Crippen LogP contribution is -2.53. The molecule has 0 spiro atoms. The Labute approximate surface area is 109 Å². The summed E-state index contributed by atoms with van der Waals surface area (Å²) in [6.07, 6.45) is 0. The Balaban J connectivity index is 2.45. The molecule has 0 bridgehead atoms. The molecule has 0 radical (unpaired) electrons. The molecule has 0 saturated carbocycles. The highest BCUT2D eigenvalue weighted by Gasteiger charge is 2.30. The van der Waals surface area contributed by atoms with Crippen molar-refractivity contribution in [1.82, 2.24) is 15.5 Å².